The van der Waals surface area contributed by atoms with Crippen LogP contribution in [-0.2, 0) is 19.2 Å². The molecular formula is C16H36O8Si. The van der Waals surface area contributed by atoms with Crippen LogP contribution in [0.2, 0.25) is 0 Å². The van der Waals surface area contributed by atoms with Gasteiger partial charge in [-0.15, -0.1) is 0 Å². The summed E-state index contributed by atoms with van der Waals surface area (Å²) < 4.78 is 0. The van der Waals surface area contributed by atoms with Crippen LogP contribution < -0.4 is 0 Å². The van der Waals surface area contributed by atoms with Crippen LogP contribution in [-0.4, -0.2) is 55.3 Å². The van der Waals surface area contributed by atoms with Crippen LogP contribution in [0.1, 0.15) is 79.1 Å². The predicted octanol–water partition coefficient (Wildman–Crippen LogP) is 2.03. The topological polar surface area (TPSA) is 149 Å². The number of hydrogen-bond donors (Lipinski definition) is 4. The van der Waals surface area contributed by atoms with E-state index in [1.807, 2.05) is 27.7 Å². The summed E-state index contributed by atoms with van der Waals surface area (Å²) >= 11 is 0. The summed E-state index contributed by atoms with van der Waals surface area (Å²) in [5.74, 6) is -2.84. The van der Waals surface area contributed by atoms with E-state index in [2.05, 4.69) is 0 Å². The largest absolute Gasteiger partial charge is 0.481 e. The van der Waals surface area contributed by atoms with Gasteiger partial charge >= 0.3 is 23.9 Å². The van der Waals surface area contributed by atoms with Gasteiger partial charge in [-0.05, 0) is 36.6 Å². The van der Waals surface area contributed by atoms with Gasteiger partial charge in [0.2, 0.25) is 0 Å². The quantitative estimate of drug-likeness (QED) is 0.464. The minimum Gasteiger partial charge on any atom is -0.481 e. The Hall–Kier alpha value is -1.90. The van der Waals surface area contributed by atoms with Crippen molar-refractivity contribution >= 4 is 34.8 Å². The molecule has 152 valence electrons. The lowest BCUT2D eigenvalue weighted by atomic mass is 10.4. The SMILES string of the molecule is CCCC(=O)O.CCCC(=O)O.CCCC(=O)O.CCCC(=O)O.[SiH4]. The molecule has 0 spiro atoms. The Balaban J connectivity index is -0.0000000702. The predicted molar refractivity (Wildman–Crippen MR) is 102 cm³/mol. The molecule has 0 atom stereocenters. The molecule has 0 saturated carbocycles. The van der Waals surface area contributed by atoms with Crippen LogP contribution in [0.3, 0.4) is 0 Å². The number of carbonyl (C=O) groups is 4. The first-order chi connectivity index (χ1) is 11.1. The van der Waals surface area contributed by atoms with E-state index in [1.165, 1.54) is 0 Å². The van der Waals surface area contributed by atoms with E-state index in [0.717, 1.165) is 25.7 Å². The standard InChI is InChI=1S/4C4H8O2.H4Si/c4*1-2-3-4(5)6;/h4*2-3H2,1H3,(H,5,6);1H4. The molecule has 0 rings (SSSR count). The van der Waals surface area contributed by atoms with Gasteiger partial charge in [0, 0.05) is 25.7 Å². The number of rotatable bonds is 8. The van der Waals surface area contributed by atoms with E-state index in [-0.39, 0.29) is 11.0 Å². The molecule has 4 N–H and O–H groups in total. The average Bonchev–Trinajstić information content (AvgIpc) is 2.39. The minimum absolute atomic E-state index is 0. The summed E-state index contributed by atoms with van der Waals surface area (Å²) in [4.78, 5) is 38.4. The van der Waals surface area contributed by atoms with E-state index in [1.54, 1.807) is 0 Å². The van der Waals surface area contributed by atoms with Crippen molar-refractivity contribution in [2.75, 3.05) is 0 Å². The van der Waals surface area contributed by atoms with Gasteiger partial charge in [-0.3, -0.25) is 19.2 Å². The van der Waals surface area contributed by atoms with Crippen molar-refractivity contribution in [2.24, 2.45) is 0 Å². The van der Waals surface area contributed by atoms with Gasteiger partial charge in [-0.2, -0.15) is 0 Å². The molecule has 0 heterocycles. The highest BCUT2D eigenvalue weighted by Crippen LogP contribution is 1.83. The monoisotopic (exact) mass is 384 g/mol. The zero-order valence-electron chi connectivity index (χ0n) is 15.1. The molecule has 0 aromatic carbocycles. The lowest BCUT2D eigenvalue weighted by Gasteiger charge is -1.79. The Morgan fingerprint density at radius 2 is 0.600 bits per heavy atom. The Kier molecular flexibility index (Phi) is 41.4. The van der Waals surface area contributed by atoms with Gasteiger partial charge < -0.3 is 20.4 Å². The van der Waals surface area contributed by atoms with Crippen LogP contribution in [0.25, 0.3) is 0 Å². The Morgan fingerprint density at radius 3 is 0.600 bits per heavy atom. The van der Waals surface area contributed by atoms with Crippen LogP contribution in [0, 0.1) is 0 Å². The molecule has 0 saturated heterocycles. The summed E-state index contributed by atoms with van der Waals surface area (Å²) in [6, 6.07) is 0. The van der Waals surface area contributed by atoms with Gasteiger partial charge in [0.1, 0.15) is 0 Å². The van der Waals surface area contributed by atoms with Crippen molar-refractivity contribution in [3.63, 3.8) is 0 Å². The van der Waals surface area contributed by atoms with Gasteiger partial charge in [0.15, 0.2) is 0 Å². The number of aliphatic carboxylic acids is 4. The Labute approximate surface area is 154 Å². The highest BCUT2D eigenvalue weighted by molar-refractivity contribution is 5.75. The molecule has 0 radical (unpaired) electrons. The lowest BCUT2D eigenvalue weighted by molar-refractivity contribution is -0.138. The fraction of sp³-hybridized carbons (Fsp3) is 0.750. The van der Waals surface area contributed by atoms with Gasteiger partial charge in [-0.1, -0.05) is 27.7 Å². The maximum absolute atomic E-state index is 9.60. The molecule has 25 heavy (non-hydrogen) atoms. The Bertz CT molecular complexity index is 268. The number of hydrogen-bond acceptors (Lipinski definition) is 4. The maximum atomic E-state index is 9.60. The second kappa shape index (κ2) is 30.0. The molecule has 0 aromatic rings. The van der Waals surface area contributed by atoms with E-state index < -0.39 is 23.9 Å². The summed E-state index contributed by atoms with van der Waals surface area (Å²) in [7, 11) is 0. The van der Waals surface area contributed by atoms with Gasteiger partial charge in [0.05, 0.1) is 0 Å². The van der Waals surface area contributed by atoms with Crippen LogP contribution in [0.4, 0.5) is 0 Å². The van der Waals surface area contributed by atoms with Crippen LogP contribution in [0.5, 0.6) is 0 Å². The molecule has 0 unspecified atom stereocenters. The van der Waals surface area contributed by atoms with Crippen molar-refractivity contribution in [2.45, 2.75) is 79.1 Å². The van der Waals surface area contributed by atoms with Crippen molar-refractivity contribution in [3.8, 4) is 0 Å². The Morgan fingerprint density at radius 1 is 0.480 bits per heavy atom. The molecule has 0 bridgehead atoms. The third kappa shape index (κ3) is 87.5. The molecule has 0 aliphatic carbocycles. The van der Waals surface area contributed by atoms with Gasteiger partial charge in [0.25, 0.3) is 0 Å². The highest BCUT2D eigenvalue weighted by atomic mass is 28.1. The maximum Gasteiger partial charge on any atom is 0.303 e. The fourth-order valence-corrected chi connectivity index (χ4v) is 0.855. The smallest absolute Gasteiger partial charge is 0.303 e. The second-order valence-electron chi connectivity index (χ2n) is 4.57. The van der Waals surface area contributed by atoms with E-state index in [0.29, 0.717) is 25.7 Å². The zero-order valence-corrected chi connectivity index (χ0v) is 15.1. The summed E-state index contributed by atoms with van der Waals surface area (Å²) in [5, 5.41) is 31.7. The molecule has 0 aliphatic rings. The van der Waals surface area contributed by atoms with Crippen molar-refractivity contribution in [3.05, 3.63) is 0 Å². The van der Waals surface area contributed by atoms with E-state index in [9.17, 15) is 19.2 Å². The molecule has 9 heteroatoms. The van der Waals surface area contributed by atoms with E-state index >= 15 is 0 Å². The molecule has 0 aliphatic heterocycles. The highest BCUT2D eigenvalue weighted by Gasteiger charge is 1.89. The molecular weight excluding hydrogens is 348 g/mol. The summed E-state index contributed by atoms with van der Waals surface area (Å²) in [5.41, 5.74) is 0. The lowest BCUT2D eigenvalue weighted by Crippen LogP contribution is -1.90. The molecule has 8 nitrogen and oxygen atoms in total. The van der Waals surface area contributed by atoms with Crippen LogP contribution >= 0.6 is 0 Å². The first-order valence-corrected chi connectivity index (χ1v) is 7.95. The van der Waals surface area contributed by atoms with Crippen molar-refractivity contribution in [1.82, 2.24) is 0 Å². The minimum atomic E-state index is -0.711. The van der Waals surface area contributed by atoms with Crippen molar-refractivity contribution in [1.29, 1.82) is 0 Å². The summed E-state index contributed by atoms with van der Waals surface area (Å²) in [6.07, 6.45) is 4.09. The summed E-state index contributed by atoms with van der Waals surface area (Å²) in [6.45, 7) is 7.37. The zero-order chi connectivity index (χ0) is 20.0. The average molecular weight is 385 g/mol. The third-order valence-electron chi connectivity index (χ3n) is 1.86. The second-order valence-corrected chi connectivity index (χ2v) is 4.57. The molecule has 0 amide bonds. The van der Waals surface area contributed by atoms with E-state index in [4.69, 9.17) is 20.4 Å². The van der Waals surface area contributed by atoms with Crippen molar-refractivity contribution < 1.29 is 39.6 Å². The normalized spacial score (nSPS) is 7.84. The number of carboxylic acid groups (broad SMARTS) is 4. The third-order valence-corrected chi connectivity index (χ3v) is 1.86. The number of carboxylic acids is 4. The van der Waals surface area contributed by atoms with Crippen LogP contribution in [0.15, 0.2) is 0 Å². The first kappa shape index (κ1) is 34.4. The fourth-order valence-electron chi connectivity index (χ4n) is 0.855. The first-order valence-electron chi connectivity index (χ1n) is 7.95. The molecule has 0 aromatic heterocycles. The molecule has 0 fully saturated rings. The van der Waals surface area contributed by atoms with Gasteiger partial charge in [-0.25, -0.2) is 0 Å².